The van der Waals surface area contributed by atoms with Gasteiger partial charge >= 0.3 is 0 Å². The first-order valence-electron chi connectivity index (χ1n) is 7.85. The van der Waals surface area contributed by atoms with Crippen molar-refractivity contribution >= 4 is 21.8 Å². The lowest BCUT2D eigenvalue weighted by atomic mass is 9.95. The Balaban J connectivity index is 1.53. The molecule has 0 atom stereocenters. The van der Waals surface area contributed by atoms with Crippen LogP contribution in [0.3, 0.4) is 0 Å². The van der Waals surface area contributed by atoms with Gasteiger partial charge < -0.3 is 10.1 Å². The zero-order chi connectivity index (χ0) is 16.3. The molecule has 2 aromatic carbocycles. The Hall–Kier alpha value is -1.81. The summed E-state index contributed by atoms with van der Waals surface area (Å²) >= 11 is 3.48. The van der Waals surface area contributed by atoms with Crippen LogP contribution in [0.15, 0.2) is 53.0 Å². The van der Waals surface area contributed by atoms with Crippen LogP contribution in [0.4, 0.5) is 0 Å². The van der Waals surface area contributed by atoms with Crippen LogP contribution in [-0.2, 0) is 10.2 Å². The molecular weight excluding hydrogens is 354 g/mol. The van der Waals surface area contributed by atoms with Gasteiger partial charge in [0.25, 0.3) is 0 Å². The van der Waals surface area contributed by atoms with Crippen molar-refractivity contribution in [2.75, 3.05) is 13.2 Å². The van der Waals surface area contributed by atoms with Crippen molar-refractivity contribution in [2.24, 2.45) is 0 Å². The Morgan fingerprint density at radius 1 is 1.22 bits per heavy atom. The summed E-state index contributed by atoms with van der Waals surface area (Å²) in [4.78, 5) is 12.5. The van der Waals surface area contributed by atoms with E-state index in [1.807, 2.05) is 55.5 Å². The lowest BCUT2D eigenvalue weighted by molar-refractivity contribution is -0.123. The van der Waals surface area contributed by atoms with Crippen molar-refractivity contribution in [2.45, 2.75) is 25.2 Å². The smallest absolute Gasteiger partial charge is 0.230 e. The van der Waals surface area contributed by atoms with Crippen LogP contribution >= 0.6 is 15.9 Å². The Morgan fingerprint density at radius 3 is 2.70 bits per heavy atom. The fourth-order valence-corrected chi connectivity index (χ4v) is 3.17. The highest BCUT2D eigenvalue weighted by atomic mass is 79.9. The molecule has 4 heteroatoms. The first-order valence-corrected chi connectivity index (χ1v) is 8.64. The first-order chi connectivity index (χ1) is 11.1. The molecule has 0 heterocycles. The fraction of sp³-hybridized carbons (Fsp3) is 0.316. The van der Waals surface area contributed by atoms with Crippen molar-refractivity contribution in [3.8, 4) is 5.75 Å². The van der Waals surface area contributed by atoms with Crippen LogP contribution in [0.5, 0.6) is 5.75 Å². The Labute approximate surface area is 145 Å². The third-order valence-electron chi connectivity index (χ3n) is 4.30. The summed E-state index contributed by atoms with van der Waals surface area (Å²) in [5.74, 6) is 0.971. The van der Waals surface area contributed by atoms with E-state index in [2.05, 4.69) is 21.2 Å². The van der Waals surface area contributed by atoms with Crippen molar-refractivity contribution in [3.63, 3.8) is 0 Å². The number of amides is 1. The average molecular weight is 374 g/mol. The molecule has 1 aliphatic carbocycles. The summed E-state index contributed by atoms with van der Waals surface area (Å²) in [5, 5.41) is 3.01. The van der Waals surface area contributed by atoms with Crippen molar-refractivity contribution < 1.29 is 9.53 Å². The van der Waals surface area contributed by atoms with Gasteiger partial charge in [-0.3, -0.25) is 4.79 Å². The van der Waals surface area contributed by atoms with E-state index in [0.29, 0.717) is 13.2 Å². The highest BCUT2D eigenvalue weighted by molar-refractivity contribution is 9.10. The van der Waals surface area contributed by atoms with Crippen molar-refractivity contribution in [3.05, 3.63) is 64.1 Å². The molecule has 1 fully saturated rings. The number of ether oxygens (including phenoxy) is 1. The fourth-order valence-electron chi connectivity index (χ4n) is 2.77. The molecule has 0 spiro atoms. The number of carbonyl (C=O) groups excluding carboxylic acids is 1. The molecule has 0 saturated heterocycles. The van der Waals surface area contributed by atoms with Gasteiger partial charge in [0, 0.05) is 4.47 Å². The van der Waals surface area contributed by atoms with Crippen LogP contribution < -0.4 is 10.1 Å². The zero-order valence-electron chi connectivity index (χ0n) is 13.1. The summed E-state index contributed by atoms with van der Waals surface area (Å²) in [6, 6.07) is 15.9. The van der Waals surface area contributed by atoms with E-state index < -0.39 is 0 Å². The number of nitrogens with one attached hydrogen (secondary N) is 1. The Kier molecular flexibility index (Phi) is 4.71. The second kappa shape index (κ2) is 6.75. The van der Waals surface area contributed by atoms with Gasteiger partial charge in [0.1, 0.15) is 12.4 Å². The summed E-state index contributed by atoms with van der Waals surface area (Å²) in [6.07, 6.45) is 1.82. The maximum atomic E-state index is 12.5. The Bertz CT molecular complexity index is 710. The van der Waals surface area contributed by atoms with E-state index in [4.69, 9.17) is 4.74 Å². The van der Waals surface area contributed by atoms with E-state index in [9.17, 15) is 4.79 Å². The third-order valence-corrected chi connectivity index (χ3v) is 4.79. The standard InChI is InChI=1S/C19H20BrNO2/c1-14-5-2-3-8-17(14)23-12-11-21-18(22)19(9-10-19)15-6-4-7-16(20)13-15/h2-8,13H,9-12H2,1H3,(H,21,22). The van der Waals surface area contributed by atoms with Crippen molar-refractivity contribution in [1.29, 1.82) is 0 Å². The monoisotopic (exact) mass is 373 g/mol. The normalized spacial score (nSPS) is 15.0. The highest BCUT2D eigenvalue weighted by Crippen LogP contribution is 2.48. The minimum atomic E-state index is -0.341. The molecule has 0 aliphatic heterocycles. The summed E-state index contributed by atoms with van der Waals surface area (Å²) < 4.78 is 6.73. The second-order valence-corrected chi connectivity index (χ2v) is 6.88. The van der Waals surface area contributed by atoms with Crippen molar-refractivity contribution in [1.82, 2.24) is 5.32 Å². The summed E-state index contributed by atoms with van der Waals surface area (Å²) in [7, 11) is 0. The molecule has 0 unspecified atom stereocenters. The number of aryl methyl sites for hydroxylation is 1. The topological polar surface area (TPSA) is 38.3 Å². The van der Waals surface area contributed by atoms with Gasteiger partial charge in [-0.1, -0.05) is 46.3 Å². The number of halogens is 1. The lowest BCUT2D eigenvalue weighted by Gasteiger charge is -2.16. The molecular formula is C19H20BrNO2. The van der Waals surface area contributed by atoms with Gasteiger partial charge in [0.05, 0.1) is 12.0 Å². The predicted molar refractivity (Wildman–Crippen MR) is 94.7 cm³/mol. The highest BCUT2D eigenvalue weighted by Gasteiger charge is 2.51. The minimum Gasteiger partial charge on any atom is -0.491 e. The summed E-state index contributed by atoms with van der Waals surface area (Å²) in [6.45, 7) is 3.01. The van der Waals surface area contributed by atoms with Gasteiger partial charge in [0.2, 0.25) is 5.91 Å². The van der Waals surface area contributed by atoms with E-state index in [-0.39, 0.29) is 11.3 Å². The van der Waals surface area contributed by atoms with Crippen LogP contribution in [0.25, 0.3) is 0 Å². The van der Waals surface area contributed by atoms with E-state index in [1.165, 1.54) is 0 Å². The predicted octanol–water partition coefficient (Wildman–Crippen LogP) is 3.98. The van der Waals surface area contributed by atoms with Gasteiger partial charge in [-0.2, -0.15) is 0 Å². The molecule has 1 saturated carbocycles. The van der Waals surface area contributed by atoms with Gasteiger partial charge in [-0.05, 0) is 49.1 Å². The molecule has 2 aromatic rings. The molecule has 0 bridgehead atoms. The maximum absolute atomic E-state index is 12.5. The molecule has 0 aromatic heterocycles. The Morgan fingerprint density at radius 2 is 2.00 bits per heavy atom. The molecule has 0 radical (unpaired) electrons. The number of hydrogen-bond donors (Lipinski definition) is 1. The molecule has 23 heavy (non-hydrogen) atoms. The second-order valence-electron chi connectivity index (χ2n) is 5.96. The van der Waals surface area contributed by atoms with E-state index in [1.54, 1.807) is 0 Å². The number of carbonyl (C=O) groups is 1. The zero-order valence-corrected chi connectivity index (χ0v) is 14.7. The van der Waals surface area contributed by atoms with Crippen LogP contribution in [0.1, 0.15) is 24.0 Å². The SMILES string of the molecule is Cc1ccccc1OCCNC(=O)C1(c2cccc(Br)c2)CC1. The van der Waals surface area contributed by atoms with Gasteiger partial charge in [0.15, 0.2) is 0 Å². The van der Waals surface area contributed by atoms with E-state index >= 15 is 0 Å². The van der Waals surface area contributed by atoms with Crippen LogP contribution in [-0.4, -0.2) is 19.1 Å². The van der Waals surface area contributed by atoms with E-state index in [0.717, 1.165) is 34.2 Å². The molecule has 3 rings (SSSR count). The number of para-hydroxylation sites is 1. The number of rotatable bonds is 6. The number of benzene rings is 2. The van der Waals surface area contributed by atoms with Gasteiger partial charge in [-0.15, -0.1) is 0 Å². The van der Waals surface area contributed by atoms with Crippen LogP contribution in [0, 0.1) is 6.92 Å². The average Bonchev–Trinajstić information content (AvgIpc) is 3.35. The maximum Gasteiger partial charge on any atom is 0.230 e. The summed E-state index contributed by atoms with van der Waals surface area (Å²) in [5.41, 5.74) is 1.85. The largest absolute Gasteiger partial charge is 0.491 e. The molecule has 1 N–H and O–H groups in total. The lowest BCUT2D eigenvalue weighted by Crippen LogP contribution is -2.37. The third kappa shape index (κ3) is 3.58. The van der Waals surface area contributed by atoms with Crippen LogP contribution in [0.2, 0.25) is 0 Å². The molecule has 1 amide bonds. The number of hydrogen-bond acceptors (Lipinski definition) is 2. The minimum absolute atomic E-state index is 0.101. The molecule has 3 nitrogen and oxygen atoms in total. The molecule has 1 aliphatic rings. The quantitative estimate of drug-likeness (QED) is 0.777. The first kappa shape index (κ1) is 16.1. The molecule has 120 valence electrons. The van der Waals surface area contributed by atoms with Gasteiger partial charge in [-0.25, -0.2) is 0 Å².